The van der Waals surface area contributed by atoms with Crippen LogP contribution in [0.15, 0.2) is 64.9 Å². The molecule has 0 atom stereocenters. The highest BCUT2D eigenvalue weighted by Gasteiger charge is 2.24. The molecule has 2 aromatic carbocycles. The minimum Gasteiger partial charge on any atom is -0.146 e. The summed E-state index contributed by atoms with van der Waals surface area (Å²) in [5.74, 6) is 0. The van der Waals surface area contributed by atoms with Crippen LogP contribution in [0.5, 0.6) is 0 Å². The summed E-state index contributed by atoms with van der Waals surface area (Å²) in [6.07, 6.45) is 0. The summed E-state index contributed by atoms with van der Waals surface area (Å²) in [5.41, 5.74) is 3.58. The Morgan fingerprint density at radius 1 is 0.895 bits per heavy atom. The fourth-order valence-corrected chi connectivity index (χ4v) is 3.48. The number of hydrogen-bond acceptors (Lipinski definition) is 2. The van der Waals surface area contributed by atoms with Crippen LogP contribution in [0.2, 0.25) is 0 Å². The van der Waals surface area contributed by atoms with Crippen LogP contribution in [0.1, 0.15) is 5.69 Å². The van der Waals surface area contributed by atoms with Crippen LogP contribution in [0, 0.1) is 6.92 Å². The van der Waals surface area contributed by atoms with Crippen LogP contribution < -0.4 is 4.57 Å². The summed E-state index contributed by atoms with van der Waals surface area (Å²) < 4.78 is 3.32. The quantitative estimate of drug-likeness (QED) is 0.528. The Bertz CT molecular complexity index is 688. The topological polar surface area (TPSA) is 3.88 Å². The zero-order valence-corrected chi connectivity index (χ0v) is 12.3. The third-order valence-electron chi connectivity index (χ3n) is 3.08. The molecule has 0 fully saturated rings. The number of aromatic nitrogens is 1. The van der Waals surface area contributed by atoms with E-state index in [0.29, 0.717) is 0 Å². The third kappa shape index (κ3) is 2.31. The van der Waals surface area contributed by atoms with Crippen molar-refractivity contribution in [2.45, 2.75) is 11.1 Å². The molecule has 19 heavy (non-hydrogen) atoms. The van der Waals surface area contributed by atoms with Crippen molar-refractivity contribution in [2.24, 2.45) is 0 Å². The molecule has 3 heteroatoms. The van der Waals surface area contributed by atoms with E-state index in [1.165, 1.54) is 22.0 Å². The molecule has 0 aliphatic carbocycles. The predicted molar refractivity (Wildman–Crippen MR) is 83.3 cm³/mol. The second-order valence-electron chi connectivity index (χ2n) is 4.33. The van der Waals surface area contributed by atoms with Gasteiger partial charge in [-0.2, -0.15) is 0 Å². The summed E-state index contributed by atoms with van der Waals surface area (Å²) in [6, 6.07) is 20.9. The first kappa shape index (κ1) is 12.5. The lowest BCUT2D eigenvalue weighted by Gasteiger charge is -1.99. The fourth-order valence-electron chi connectivity index (χ4n) is 2.12. The Balaban J connectivity index is 2.25. The van der Waals surface area contributed by atoms with Gasteiger partial charge in [-0.1, -0.05) is 47.7 Å². The first-order valence-corrected chi connectivity index (χ1v) is 7.39. The minimum atomic E-state index is 1.06. The zero-order valence-electron chi connectivity index (χ0n) is 10.6. The summed E-state index contributed by atoms with van der Waals surface area (Å²) in [7, 11) is 0. The molecule has 3 rings (SSSR count). The average molecular weight is 284 g/mol. The van der Waals surface area contributed by atoms with Gasteiger partial charge in [0, 0.05) is 19.1 Å². The van der Waals surface area contributed by atoms with E-state index in [1.54, 1.807) is 11.3 Å². The maximum Gasteiger partial charge on any atom is 0.276 e. The van der Waals surface area contributed by atoms with E-state index in [2.05, 4.69) is 72.7 Å². The van der Waals surface area contributed by atoms with Crippen LogP contribution in [0.4, 0.5) is 0 Å². The van der Waals surface area contributed by atoms with Gasteiger partial charge in [0.05, 0.1) is 5.56 Å². The molecule has 1 heterocycles. The van der Waals surface area contributed by atoms with E-state index < -0.39 is 0 Å². The van der Waals surface area contributed by atoms with Gasteiger partial charge in [-0.3, -0.25) is 0 Å². The molecule has 0 saturated heterocycles. The van der Waals surface area contributed by atoms with Crippen molar-refractivity contribution in [3.05, 3.63) is 66.4 Å². The fraction of sp³-hybridized carbons (Fsp3) is 0.0625. The van der Waals surface area contributed by atoms with Crippen molar-refractivity contribution in [1.29, 1.82) is 0 Å². The number of nitrogens with zero attached hydrogens (tertiary/aromatic N) is 1. The Kier molecular flexibility index (Phi) is 3.40. The van der Waals surface area contributed by atoms with E-state index >= 15 is 0 Å². The minimum absolute atomic E-state index is 1.06. The van der Waals surface area contributed by atoms with Crippen molar-refractivity contribution in [2.75, 3.05) is 0 Å². The van der Waals surface area contributed by atoms with Crippen LogP contribution >= 0.6 is 24.0 Å². The lowest BCUT2D eigenvalue weighted by molar-refractivity contribution is -0.587. The van der Waals surface area contributed by atoms with Crippen LogP contribution in [0.3, 0.4) is 0 Å². The molecular weight excluding hydrogens is 270 g/mol. The molecule has 1 aromatic heterocycles. The first-order chi connectivity index (χ1) is 9.27. The standard InChI is InChI=1S/C16H13NS2/c1-12-16(18)19-15(13-8-4-2-5-9-13)17(12)14-10-6-3-7-11-14/h2-11H,1H3/p+1. The van der Waals surface area contributed by atoms with E-state index in [-0.39, 0.29) is 0 Å². The molecular formula is C16H14NS2+. The predicted octanol–water partition coefficient (Wildman–Crippen LogP) is 4.29. The van der Waals surface area contributed by atoms with Crippen molar-refractivity contribution < 1.29 is 4.57 Å². The normalized spacial score (nSPS) is 10.6. The van der Waals surface area contributed by atoms with Gasteiger partial charge < -0.3 is 0 Å². The van der Waals surface area contributed by atoms with Gasteiger partial charge in [-0.25, -0.2) is 0 Å². The lowest BCUT2D eigenvalue weighted by atomic mass is 10.2. The third-order valence-corrected chi connectivity index (χ3v) is 4.77. The molecule has 0 aliphatic heterocycles. The Hall–Kier alpha value is -1.58. The van der Waals surface area contributed by atoms with Crippen LogP contribution in [0.25, 0.3) is 16.3 Å². The number of para-hydroxylation sites is 1. The second kappa shape index (κ2) is 5.19. The summed E-state index contributed by atoms with van der Waals surface area (Å²) >= 11 is 6.30. The molecule has 0 bridgehead atoms. The number of thiazole rings is 1. The summed E-state index contributed by atoms with van der Waals surface area (Å²) in [4.78, 5) is 0. The molecule has 0 radical (unpaired) electrons. The first-order valence-electron chi connectivity index (χ1n) is 6.12. The van der Waals surface area contributed by atoms with Crippen LogP contribution in [-0.4, -0.2) is 0 Å². The zero-order chi connectivity index (χ0) is 13.2. The maximum absolute atomic E-state index is 4.59. The highest BCUT2D eigenvalue weighted by molar-refractivity contribution is 7.83. The summed E-state index contributed by atoms with van der Waals surface area (Å²) in [6.45, 7) is 2.11. The maximum atomic E-state index is 4.59. The van der Waals surface area contributed by atoms with E-state index in [1.807, 2.05) is 12.1 Å². The highest BCUT2D eigenvalue weighted by atomic mass is 32.2. The molecule has 0 N–H and O–H groups in total. The van der Waals surface area contributed by atoms with E-state index in [0.717, 1.165) is 4.21 Å². The molecule has 0 unspecified atom stereocenters. The SMILES string of the molecule is Cc1c(S)sc(-c2ccccc2)[n+]1-c1ccccc1. The molecule has 0 spiro atoms. The Morgan fingerprint density at radius 3 is 2.11 bits per heavy atom. The highest BCUT2D eigenvalue weighted by Crippen LogP contribution is 2.29. The molecule has 0 saturated carbocycles. The molecule has 0 aliphatic rings. The van der Waals surface area contributed by atoms with E-state index in [4.69, 9.17) is 0 Å². The molecule has 0 amide bonds. The van der Waals surface area contributed by atoms with Crippen molar-refractivity contribution in [3.8, 4) is 16.3 Å². The Morgan fingerprint density at radius 2 is 1.47 bits per heavy atom. The van der Waals surface area contributed by atoms with Gasteiger partial charge >= 0.3 is 0 Å². The van der Waals surface area contributed by atoms with E-state index in [9.17, 15) is 0 Å². The van der Waals surface area contributed by atoms with Gasteiger partial charge in [0.15, 0.2) is 0 Å². The number of thiol groups is 1. The summed E-state index contributed by atoms with van der Waals surface area (Å²) in [5, 5.41) is 1.22. The number of hydrogen-bond donors (Lipinski definition) is 1. The second-order valence-corrected chi connectivity index (χ2v) is 6.08. The number of rotatable bonds is 2. The van der Waals surface area contributed by atoms with Crippen LogP contribution in [-0.2, 0) is 0 Å². The van der Waals surface area contributed by atoms with Gasteiger partial charge in [-0.05, 0) is 12.1 Å². The smallest absolute Gasteiger partial charge is 0.146 e. The molecule has 1 nitrogen and oxygen atoms in total. The van der Waals surface area contributed by atoms with Crippen molar-refractivity contribution in [1.82, 2.24) is 0 Å². The van der Waals surface area contributed by atoms with Gasteiger partial charge in [0.2, 0.25) is 11.4 Å². The van der Waals surface area contributed by atoms with Crippen molar-refractivity contribution >= 4 is 24.0 Å². The average Bonchev–Trinajstić information content (AvgIpc) is 2.77. The van der Waals surface area contributed by atoms with Gasteiger partial charge in [-0.15, -0.1) is 17.2 Å². The monoisotopic (exact) mass is 284 g/mol. The molecule has 94 valence electrons. The van der Waals surface area contributed by atoms with Gasteiger partial charge in [0.1, 0.15) is 4.21 Å². The molecule has 3 aromatic rings. The van der Waals surface area contributed by atoms with Crippen molar-refractivity contribution in [3.63, 3.8) is 0 Å². The Labute approximate surface area is 122 Å². The largest absolute Gasteiger partial charge is 0.276 e. The lowest BCUT2D eigenvalue weighted by Crippen LogP contribution is -2.33. The van der Waals surface area contributed by atoms with Gasteiger partial charge in [0.25, 0.3) is 5.01 Å². The number of benzene rings is 2.